The van der Waals surface area contributed by atoms with Gasteiger partial charge in [-0.1, -0.05) is 12.1 Å². The molecule has 1 atom stereocenters. The number of carboxylic acid groups (broad SMARTS) is 1. The number of aromatic carboxylic acids is 1. The van der Waals surface area contributed by atoms with E-state index < -0.39 is 30.7 Å². The largest absolute Gasteiger partial charge is 0.507 e. The summed E-state index contributed by atoms with van der Waals surface area (Å²) in [4.78, 5) is 27.3. The number of aromatic nitrogens is 1. The van der Waals surface area contributed by atoms with Crippen molar-refractivity contribution in [3.8, 4) is 5.75 Å². The lowest BCUT2D eigenvalue weighted by atomic mass is 9.75. The smallest absolute Gasteiger partial charge is 0.475 e. The van der Waals surface area contributed by atoms with E-state index in [0.29, 0.717) is 11.3 Å². The molecule has 142 valence electrons. The molecule has 0 fully saturated rings. The van der Waals surface area contributed by atoms with E-state index in [1.807, 2.05) is 0 Å². The zero-order valence-corrected chi connectivity index (χ0v) is 14.4. The van der Waals surface area contributed by atoms with E-state index in [-0.39, 0.29) is 30.5 Å². The Morgan fingerprint density at radius 2 is 2.00 bits per heavy atom. The molecule has 1 aromatic heterocycles. The molecule has 10 heteroatoms. The molecule has 0 bridgehead atoms. The summed E-state index contributed by atoms with van der Waals surface area (Å²) in [5.74, 6) is -3.40. The lowest BCUT2D eigenvalue weighted by Crippen LogP contribution is -2.48. The number of hydrogen-bond acceptors (Lipinski definition) is 7. The molecule has 2 aromatic rings. The van der Waals surface area contributed by atoms with Gasteiger partial charge >= 0.3 is 13.1 Å². The number of hydrogen-bond donors (Lipinski definition) is 6. The van der Waals surface area contributed by atoms with Crippen LogP contribution in [0.25, 0.3) is 0 Å². The third-order valence-electron chi connectivity index (χ3n) is 3.95. The highest BCUT2D eigenvalue weighted by Gasteiger charge is 2.27. The third kappa shape index (κ3) is 5.51. The summed E-state index contributed by atoms with van der Waals surface area (Å²) in [7, 11) is -1.90. The Kier molecular flexibility index (Phi) is 6.88. The first-order valence-corrected chi connectivity index (χ1v) is 8.15. The van der Waals surface area contributed by atoms with Crippen molar-refractivity contribution < 1.29 is 29.9 Å². The van der Waals surface area contributed by atoms with Crippen LogP contribution in [0.15, 0.2) is 36.5 Å². The molecule has 1 heterocycles. The predicted molar refractivity (Wildman–Crippen MR) is 96.7 cm³/mol. The Morgan fingerprint density at radius 1 is 1.26 bits per heavy atom. The first kappa shape index (κ1) is 20.4. The van der Waals surface area contributed by atoms with E-state index >= 15 is 0 Å². The van der Waals surface area contributed by atoms with Crippen LogP contribution >= 0.6 is 0 Å². The van der Waals surface area contributed by atoms with E-state index in [1.54, 1.807) is 12.1 Å². The molecule has 0 radical (unpaired) electrons. The van der Waals surface area contributed by atoms with Gasteiger partial charge in [0.15, 0.2) is 0 Å². The minimum absolute atomic E-state index is 0.0279. The van der Waals surface area contributed by atoms with Crippen LogP contribution in [0.3, 0.4) is 0 Å². The number of carboxylic acids is 1. The lowest BCUT2D eigenvalue weighted by molar-refractivity contribution is -0.120. The fourth-order valence-corrected chi connectivity index (χ4v) is 2.59. The zero-order chi connectivity index (χ0) is 20.0. The van der Waals surface area contributed by atoms with E-state index in [1.165, 1.54) is 24.4 Å². The van der Waals surface area contributed by atoms with Crippen LogP contribution in [0.1, 0.15) is 27.2 Å². The molecule has 0 aliphatic rings. The summed E-state index contributed by atoms with van der Waals surface area (Å²) in [6.45, 7) is 0.229. The minimum Gasteiger partial charge on any atom is -0.507 e. The van der Waals surface area contributed by atoms with Crippen molar-refractivity contribution in [1.29, 1.82) is 0 Å². The van der Waals surface area contributed by atoms with Crippen molar-refractivity contribution in [1.82, 2.24) is 10.3 Å². The van der Waals surface area contributed by atoms with Gasteiger partial charge in [-0.25, -0.2) is 4.79 Å². The molecule has 0 aliphatic heterocycles. The standard InChI is InChI=1S/C17H20BN3O6/c19-9-12-6-10(4-5-20-12)7-15(22)21-14(18(26)27)8-11-2-1-3-13(16(11)23)17(24)25/h1-6,14,23,26-27H,7-9,19H2,(H,21,22)(H,24,25)/t14-/m0/s1. The lowest BCUT2D eigenvalue weighted by Gasteiger charge is -2.19. The van der Waals surface area contributed by atoms with Crippen LogP contribution in [0.5, 0.6) is 5.75 Å². The van der Waals surface area contributed by atoms with Gasteiger partial charge in [0.1, 0.15) is 11.3 Å². The maximum absolute atomic E-state index is 12.2. The summed E-state index contributed by atoms with van der Waals surface area (Å²) >= 11 is 0. The maximum atomic E-state index is 12.2. The van der Waals surface area contributed by atoms with Gasteiger partial charge < -0.3 is 31.3 Å². The second-order valence-electron chi connectivity index (χ2n) is 5.95. The Bertz CT molecular complexity index is 830. The van der Waals surface area contributed by atoms with Crippen LogP contribution in [-0.4, -0.2) is 50.2 Å². The van der Waals surface area contributed by atoms with Gasteiger partial charge in [0.2, 0.25) is 5.91 Å². The highest BCUT2D eigenvalue weighted by Crippen LogP contribution is 2.24. The molecule has 27 heavy (non-hydrogen) atoms. The third-order valence-corrected chi connectivity index (χ3v) is 3.95. The highest BCUT2D eigenvalue weighted by molar-refractivity contribution is 6.43. The number of carbonyl (C=O) groups is 2. The van der Waals surface area contributed by atoms with Gasteiger partial charge in [0.05, 0.1) is 18.1 Å². The first-order chi connectivity index (χ1) is 12.8. The maximum Gasteiger partial charge on any atom is 0.475 e. The number of aromatic hydroxyl groups is 1. The fraction of sp³-hybridized carbons (Fsp3) is 0.235. The van der Waals surface area contributed by atoms with E-state index in [4.69, 9.17) is 10.8 Å². The van der Waals surface area contributed by atoms with Gasteiger partial charge in [-0.2, -0.15) is 0 Å². The highest BCUT2D eigenvalue weighted by atomic mass is 16.4. The van der Waals surface area contributed by atoms with Gasteiger partial charge in [0.25, 0.3) is 0 Å². The normalized spacial score (nSPS) is 11.7. The van der Waals surface area contributed by atoms with Crippen molar-refractivity contribution in [2.45, 2.75) is 25.3 Å². The van der Waals surface area contributed by atoms with Gasteiger partial charge in [-0.15, -0.1) is 0 Å². The van der Waals surface area contributed by atoms with Crippen molar-refractivity contribution in [3.05, 3.63) is 58.9 Å². The number of nitrogens with zero attached hydrogens (tertiary/aromatic N) is 1. The Hall–Kier alpha value is -2.95. The molecule has 0 saturated heterocycles. The number of para-hydroxylation sites is 1. The van der Waals surface area contributed by atoms with E-state index in [2.05, 4.69) is 10.3 Å². The number of phenols is 1. The SMILES string of the molecule is NCc1cc(CC(=O)N[C@@H](Cc2cccc(C(=O)O)c2O)B(O)O)ccn1. The Labute approximate surface area is 155 Å². The van der Waals surface area contributed by atoms with Gasteiger partial charge in [0, 0.05) is 12.7 Å². The molecule has 1 amide bonds. The van der Waals surface area contributed by atoms with Crippen LogP contribution in [0.4, 0.5) is 0 Å². The van der Waals surface area contributed by atoms with Crippen LogP contribution in [-0.2, 0) is 24.2 Å². The van der Waals surface area contributed by atoms with Crippen LogP contribution in [0.2, 0.25) is 0 Å². The summed E-state index contributed by atoms with van der Waals surface area (Å²) in [6.07, 6.45) is 1.33. The van der Waals surface area contributed by atoms with Crippen molar-refractivity contribution in [3.63, 3.8) is 0 Å². The van der Waals surface area contributed by atoms with Crippen LogP contribution < -0.4 is 11.1 Å². The summed E-state index contributed by atoms with van der Waals surface area (Å²) in [5, 5.41) is 40.7. The number of pyridine rings is 1. The van der Waals surface area contributed by atoms with E-state index in [0.717, 1.165) is 0 Å². The second kappa shape index (κ2) is 9.13. The number of rotatable bonds is 8. The number of nitrogens with one attached hydrogen (secondary N) is 1. The van der Waals surface area contributed by atoms with Crippen molar-refractivity contribution in [2.24, 2.45) is 5.73 Å². The minimum atomic E-state index is -1.90. The zero-order valence-electron chi connectivity index (χ0n) is 14.4. The monoisotopic (exact) mass is 373 g/mol. The number of amides is 1. The molecule has 7 N–H and O–H groups in total. The summed E-state index contributed by atoms with van der Waals surface area (Å²) < 4.78 is 0. The summed E-state index contributed by atoms with van der Waals surface area (Å²) in [5.41, 5.74) is 6.65. The fourth-order valence-electron chi connectivity index (χ4n) is 2.59. The average Bonchev–Trinajstić information content (AvgIpc) is 2.62. The van der Waals surface area contributed by atoms with E-state index in [9.17, 15) is 24.7 Å². The van der Waals surface area contributed by atoms with Gasteiger partial charge in [-0.05, 0) is 35.7 Å². The first-order valence-electron chi connectivity index (χ1n) is 8.15. The molecule has 1 aromatic carbocycles. The molecule has 0 spiro atoms. The van der Waals surface area contributed by atoms with Crippen molar-refractivity contribution >= 4 is 19.0 Å². The molecular formula is C17H20BN3O6. The molecule has 9 nitrogen and oxygen atoms in total. The number of nitrogens with two attached hydrogens (primary N) is 1. The topological polar surface area (TPSA) is 166 Å². The van der Waals surface area contributed by atoms with Crippen molar-refractivity contribution in [2.75, 3.05) is 0 Å². The predicted octanol–water partition coefficient (Wildman–Crippen LogP) is -0.774. The molecule has 0 saturated carbocycles. The second-order valence-corrected chi connectivity index (χ2v) is 5.95. The number of carbonyl (C=O) groups excluding carboxylic acids is 1. The number of benzene rings is 1. The molecule has 0 unspecified atom stereocenters. The summed E-state index contributed by atoms with van der Waals surface area (Å²) in [6, 6.07) is 7.41. The van der Waals surface area contributed by atoms with Gasteiger partial charge in [-0.3, -0.25) is 9.78 Å². The van der Waals surface area contributed by atoms with Crippen LogP contribution in [0, 0.1) is 0 Å². The Balaban J connectivity index is 2.10. The Morgan fingerprint density at radius 3 is 2.63 bits per heavy atom. The molecule has 2 rings (SSSR count). The molecule has 0 aliphatic carbocycles. The molecular weight excluding hydrogens is 353 g/mol. The quantitative estimate of drug-likeness (QED) is 0.328. The average molecular weight is 373 g/mol.